The zero-order valence-electron chi connectivity index (χ0n) is 17.6. The lowest BCUT2D eigenvalue weighted by Gasteiger charge is -2.06. The normalized spacial score (nSPS) is 10.1. The second-order valence-corrected chi connectivity index (χ2v) is 7.99. The molecule has 0 fully saturated rings. The van der Waals surface area contributed by atoms with Crippen molar-refractivity contribution < 1.29 is 4.79 Å². The van der Waals surface area contributed by atoms with Crippen LogP contribution in [0.4, 0.5) is 28.4 Å². The Morgan fingerprint density at radius 3 is 1.45 bits per heavy atom. The van der Waals surface area contributed by atoms with Crippen LogP contribution in [0.15, 0.2) is 84.9 Å². The van der Waals surface area contributed by atoms with E-state index >= 15 is 0 Å². The highest BCUT2D eigenvalue weighted by Gasteiger charge is 2.05. The molecule has 4 rings (SSSR count). The summed E-state index contributed by atoms with van der Waals surface area (Å²) in [7, 11) is 0. The Morgan fingerprint density at radius 1 is 0.606 bits per heavy atom. The number of hydrogen-bond acceptors (Lipinski definition) is 5. The molecule has 0 aliphatic carbocycles. The van der Waals surface area contributed by atoms with Crippen LogP contribution in [0.2, 0.25) is 10.0 Å². The smallest absolute Gasteiger partial charge is 0.255 e. The fourth-order valence-electron chi connectivity index (χ4n) is 2.82. The first kappa shape index (κ1) is 23.8. The standard InChI is InChI=1S/C13H13N3O.C12H10Cl2N2/c14-10-3-1-9(2-4-10)13(17)16-12-7-5-11(15)6-8-12;13-9-5-7(1-3-11(9)15)8-2-4-12(16)10(14)6-8/h1-8H,14-15H2,(H,16,17);1-6H,15-16H2. The minimum atomic E-state index is -0.172. The third kappa shape index (κ3) is 6.55. The maximum absolute atomic E-state index is 11.8. The Hall–Kier alpha value is -3.87. The molecule has 6 nitrogen and oxygen atoms in total. The zero-order valence-corrected chi connectivity index (χ0v) is 19.1. The lowest BCUT2D eigenvalue weighted by Crippen LogP contribution is -2.11. The lowest BCUT2D eigenvalue weighted by atomic mass is 10.1. The maximum Gasteiger partial charge on any atom is 0.255 e. The van der Waals surface area contributed by atoms with E-state index in [2.05, 4.69) is 5.32 Å². The molecule has 4 aromatic carbocycles. The molecular weight excluding hydrogens is 457 g/mol. The van der Waals surface area contributed by atoms with Crippen LogP contribution in [-0.4, -0.2) is 5.91 Å². The van der Waals surface area contributed by atoms with Crippen LogP contribution < -0.4 is 28.3 Å². The number of benzene rings is 4. The number of nitrogens with two attached hydrogens (primary N) is 4. The molecule has 9 N–H and O–H groups in total. The lowest BCUT2D eigenvalue weighted by molar-refractivity contribution is 0.102. The van der Waals surface area contributed by atoms with Crippen molar-refractivity contribution in [2.24, 2.45) is 0 Å². The average Bonchev–Trinajstić information content (AvgIpc) is 2.80. The summed E-state index contributed by atoms with van der Waals surface area (Å²) in [6.07, 6.45) is 0. The third-order valence-electron chi connectivity index (χ3n) is 4.68. The van der Waals surface area contributed by atoms with E-state index < -0.39 is 0 Å². The Morgan fingerprint density at radius 2 is 1.03 bits per heavy atom. The van der Waals surface area contributed by atoms with Gasteiger partial charge in [-0.3, -0.25) is 4.79 Å². The van der Waals surface area contributed by atoms with Crippen LogP contribution in [0.25, 0.3) is 11.1 Å². The monoisotopic (exact) mass is 479 g/mol. The van der Waals surface area contributed by atoms with E-state index in [0.29, 0.717) is 44.0 Å². The van der Waals surface area contributed by atoms with Crippen molar-refractivity contribution in [2.75, 3.05) is 28.3 Å². The first-order valence-electron chi connectivity index (χ1n) is 9.86. The number of carbonyl (C=O) groups is 1. The summed E-state index contributed by atoms with van der Waals surface area (Å²) < 4.78 is 0. The molecule has 0 heterocycles. The number of anilines is 5. The van der Waals surface area contributed by atoms with E-state index in [1.807, 2.05) is 12.1 Å². The van der Waals surface area contributed by atoms with Crippen molar-refractivity contribution in [3.63, 3.8) is 0 Å². The summed E-state index contributed by atoms with van der Waals surface area (Å²) in [6.45, 7) is 0. The van der Waals surface area contributed by atoms with Crippen molar-refractivity contribution in [3.8, 4) is 11.1 Å². The number of carbonyl (C=O) groups excluding carboxylic acids is 1. The summed E-state index contributed by atoms with van der Waals surface area (Å²) in [4.78, 5) is 11.8. The van der Waals surface area contributed by atoms with Crippen LogP contribution in [0.3, 0.4) is 0 Å². The Labute approximate surface area is 202 Å². The van der Waals surface area contributed by atoms with Gasteiger partial charge in [0.25, 0.3) is 5.91 Å². The fraction of sp³-hybridized carbons (Fsp3) is 0. The number of nitrogen functional groups attached to an aromatic ring is 4. The molecule has 0 bridgehead atoms. The predicted molar refractivity (Wildman–Crippen MR) is 140 cm³/mol. The van der Waals surface area contributed by atoms with Gasteiger partial charge in [0.2, 0.25) is 0 Å². The van der Waals surface area contributed by atoms with Gasteiger partial charge >= 0.3 is 0 Å². The van der Waals surface area contributed by atoms with E-state index in [9.17, 15) is 4.79 Å². The van der Waals surface area contributed by atoms with Gasteiger partial charge in [0, 0.05) is 22.6 Å². The number of amides is 1. The molecule has 4 aromatic rings. The highest BCUT2D eigenvalue weighted by Crippen LogP contribution is 2.30. The fourth-order valence-corrected chi connectivity index (χ4v) is 3.18. The van der Waals surface area contributed by atoms with Gasteiger partial charge in [0.1, 0.15) is 0 Å². The second kappa shape index (κ2) is 10.6. The molecule has 0 radical (unpaired) electrons. The molecule has 0 atom stereocenters. The van der Waals surface area contributed by atoms with Crippen LogP contribution in [-0.2, 0) is 0 Å². The molecule has 0 spiro atoms. The Balaban J connectivity index is 0.000000186. The van der Waals surface area contributed by atoms with E-state index in [1.54, 1.807) is 72.8 Å². The van der Waals surface area contributed by atoms with E-state index in [1.165, 1.54) is 0 Å². The minimum absolute atomic E-state index is 0.172. The van der Waals surface area contributed by atoms with Gasteiger partial charge in [-0.05, 0) is 83.9 Å². The second-order valence-electron chi connectivity index (χ2n) is 7.17. The number of hydrogen-bond donors (Lipinski definition) is 5. The quantitative estimate of drug-likeness (QED) is 0.232. The van der Waals surface area contributed by atoms with Gasteiger partial charge in [0.05, 0.1) is 21.4 Å². The Bertz CT molecular complexity index is 1210. The first-order chi connectivity index (χ1) is 15.7. The van der Waals surface area contributed by atoms with Crippen molar-refractivity contribution in [1.29, 1.82) is 0 Å². The minimum Gasteiger partial charge on any atom is -0.399 e. The van der Waals surface area contributed by atoms with Gasteiger partial charge in [0.15, 0.2) is 0 Å². The van der Waals surface area contributed by atoms with Crippen LogP contribution in [0.5, 0.6) is 0 Å². The van der Waals surface area contributed by atoms with Crippen LogP contribution >= 0.6 is 23.2 Å². The number of nitrogens with one attached hydrogen (secondary N) is 1. The average molecular weight is 480 g/mol. The number of halogens is 2. The molecule has 168 valence electrons. The van der Waals surface area contributed by atoms with Crippen LogP contribution in [0, 0.1) is 0 Å². The van der Waals surface area contributed by atoms with Crippen molar-refractivity contribution in [1.82, 2.24) is 0 Å². The molecule has 1 amide bonds. The molecule has 0 saturated carbocycles. The summed E-state index contributed by atoms with van der Waals surface area (Å²) in [5.41, 5.74) is 28.0. The summed E-state index contributed by atoms with van der Waals surface area (Å²) in [6, 6.07) is 24.7. The van der Waals surface area contributed by atoms with E-state index in [-0.39, 0.29) is 5.91 Å². The molecule has 0 saturated heterocycles. The SMILES string of the molecule is Nc1ccc(-c2ccc(N)c(Cl)c2)cc1Cl.Nc1ccc(NC(=O)c2ccc(N)cc2)cc1. The van der Waals surface area contributed by atoms with Gasteiger partial charge in [-0.2, -0.15) is 0 Å². The predicted octanol–water partition coefficient (Wildman–Crippen LogP) is 5.93. The highest BCUT2D eigenvalue weighted by molar-refractivity contribution is 6.34. The zero-order chi connectivity index (χ0) is 24.0. The maximum atomic E-state index is 11.8. The third-order valence-corrected chi connectivity index (χ3v) is 5.33. The van der Waals surface area contributed by atoms with Crippen molar-refractivity contribution in [2.45, 2.75) is 0 Å². The molecule has 0 aliphatic rings. The number of rotatable bonds is 3. The van der Waals surface area contributed by atoms with Crippen LogP contribution in [0.1, 0.15) is 10.4 Å². The molecule has 0 aromatic heterocycles. The van der Waals surface area contributed by atoms with E-state index in [0.717, 1.165) is 11.1 Å². The first-order valence-corrected chi connectivity index (χ1v) is 10.6. The highest BCUT2D eigenvalue weighted by atomic mass is 35.5. The Kier molecular flexibility index (Phi) is 7.66. The molecular formula is C25H23Cl2N5O. The molecule has 0 unspecified atom stereocenters. The van der Waals surface area contributed by atoms with Gasteiger partial charge < -0.3 is 28.3 Å². The molecule has 8 heteroatoms. The summed E-state index contributed by atoms with van der Waals surface area (Å²) in [5, 5.41) is 3.84. The largest absolute Gasteiger partial charge is 0.399 e. The van der Waals surface area contributed by atoms with Crippen molar-refractivity contribution >= 4 is 57.5 Å². The van der Waals surface area contributed by atoms with Gasteiger partial charge in [-0.25, -0.2) is 0 Å². The molecule has 0 aliphatic heterocycles. The topological polar surface area (TPSA) is 133 Å². The molecule has 33 heavy (non-hydrogen) atoms. The summed E-state index contributed by atoms with van der Waals surface area (Å²) >= 11 is 11.9. The van der Waals surface area contributed by atoms with Crippen molar-refractivity contribution in [3.05, 3.63) is 101 Å². The summed E-state index contributed by atoms with van der Waals surface area (Å²) in [5.74, 6) is -0.172. The van der Waals surface area contributed by atoms with Gasteiger partial charge in [-0.1, -0.05) is 35.3 Å². The van der Waals surface area contributed by atoms with Gasteiger partial charge in [-0.15, -0.1) is 0 Å². The van der Waals surface area contributed by atoms with E-state index in [4.69, 9.17) is 46.1 Å².